The van der Waals surface area contributed by atoms with Crippen LogP contribution in [-0.2, 0) is 17.9 Å². The lowest BCUT2D eigenvalue weighted by Gasteiger charge is -2.13. The molecular weight excluding hydrogens is 316 g/mol. The first kappa shape index (κ1) is 16.2. The van der Waals surface area contributed by atoms with E-state index in [2.05, 4.69) is 0 Å². The van der Waals surface area contributed by atoms with Gasteiger partial charge in [-0.2, -0.15) is 0 Å². The van der Waals surface area contributed by atoms with E-state index in [-0.39, 0.29) is 24.4 Å². The van der Waals surface area contributed by atoms with E-state index in [1.807, 2.05) is 19.1 Å². The van der Waals surface area contributed by atoms with Gasteiger partial charge in [0, 0.05) is 6.54 Å². The number of rotatable bonds is 5. The highest BCUT2D eigenvalue weighted by Crippen LogP contribution is 2.20. The first-order valence-electron chi connectivity index (χ1n) is 7.63. The Labute approximate surface area is 138 Å². The largest absolute Gasteiger partial charge is 0.489 e. The van der Waals surface area contributed by atoms with Crippen LogP contribution in [0.25, 0.3) is 0 Å². The molecule has 1 heterocycles. The topological polar surface area (TPSA) is 38.8 Å². The molecule has 24 heavy (non-hydrogen) atoms. The number of halogens is 2. The molecule has 3 rings (SSSR count). The molecule has 1 aliphatic rings. The van der Waals surface area contributed by atoms with Gasteiger partial charge >= 0.3 is 6.09 Å². The average molecular weight is 333 g/mol. The number of carbonyl (C=O) groups is 1. The molecule has 1 fully saturated rings. The van der Waals surface area contributed by atoms with Crippen molar-refractivity contribution in [2.75, 3.05) is 6.54 Å². The molecule has 1 aliphatic heterocycles. The van der Waals surface area contributed by atoms with Crippen molar-refractivity contribution >= 4 is 6.09 Å². The van der Waals surface area contributed by atoms with Crippen molar-refractivity contribution in [3.63, 3.8) is 0 Å². The SMILES string of the molecule is CC1CN(Cc2ccc(OCc3c(F)cccc3F)cc2)C(=O)O1. The molecule has 2 aromatic rings. The van der Waals surface area contributed by atoms with Gasteiger partial charge in [0.1, 0.15) is 30.1 Å². The number of cyclic esters (lactones) is 1. The summed E-state index contributed by atoms with van der Waals surface area (Å²) in [5.41, 5.74) is 0.820. The smallest absolute Gasteiger partial charge is 0.410 e. The van der Waals surface area contributed by atoms with Crippen LogP contribution in [0.3, 0.4) is 0 Å². The highest BCUT2D eigenvalue weighted by molar-refractivity contribution is 5.69. The number of nitrogens with zero attached hydrogens (tertiary/aromatic N) is 1. The second-order valence-corrected chi connectivity index (χ2v) is 5.71. The van der Waals surface area contributed by atoms with Crippen LogP contribution >= 0.6 is 0 Å². The van der Waals surface area contributed by atoms with Crippen molar-refractivity contribution < 1.29 is 23.0 Å². The fourth-order valence-electron chi connectivity index (χ4n) is 2.54. The van der Waals surface area contributed by atoms with Crippen LogP contribution in [0.2, 0.25) is 0 Å². The zero-order chi connectivity index (χ0) is 17.1. The molecule has 0 aromatic heterocycles. The Balaban J connectivity index is 1.60. The highest BCUT2D eigenvalue weighted by Gasteiger charge is 2.27. The Morgan fingerprint density at radius 1 is 1.17 bits per heavy atom. The predicted molar refractivity (Wildman–Crippen MR) is 83.5 cm³/mol. The normalized spacial score (nSPS) is 17.0. The van der Waals surface area contributed by atoms with Crippen LogP contribution in [0.1, 0.15) is 18.1 Å². The standard InChI is InChI=1S/C18H17F2NO3/c1-12-9-21(18(22)24-12)10-13-5-7-14(8-6-13)23-11-15-16(19)3-2-4-17(15)20/h2-8,12H,9-11H2,1H3. The number of ether oxygens (including phenoxy) is 2. The maximum Gasteiger partial charge on any atom is 0.410 e. The van der Waals surface area contributed by atoms with Crippen LogP contribution < -0.4 is 4.74 Å². The Hall–Kier alpha value is -2.63. The summed E-state index contributed by atoms with van der Waals surface area (Å²) in [6, 6.07) is 10.7. The van der Waals surface area contributed by atoms with Crippen LogP contribution in [0.4, 0.5) is 13.6 Å². The first-order chi connectivity index (χ1) is 11.5. The van der Waals surface area contributed by atoms with E-state index < -0.39 is 11.6 Å². The third kappa shape index (κ3) is 3.64. The van der Waals surface area contributed by atoms with Crippen LogP contribution in [0.5, 0.6) is 5.75 Å². The molecule has 6 heteroatoms. The third-order valence-electron chi connectivity index (χ3n) is 3.78. The fourth-order valence-corrected chi connectivity index (χ4v) is 2.54. The minimum Gasteiger partial charge on any atom is -0.489 e. The van der Waals surface area contributed by atoms with Gasteiger partial charge in [-0.25, -0.2) is 13.6 Å². The molecule has 0 N–H and O–H groups in total. The zero-order valence-electron chi connectivity index (χ0n) is 13.2. The van der Waals surface area contributed by atoms with Gasteiger partial charge in [-0.1, -0.05) is 18.2 Å². The van der Waals surface area contributed by atoms with Gasteiger partial charge < -0.3 is 14.4 Å². The lowest BCUT2D eigenvalue weighted by Crippen LogP contribution is -2.24. The molecule has 1 amide bonds. The van der Waals surface area contributed by atoms with E-state index in [9.17, 15) is 13.6 Å². The van der Waals surface area contributed by atoms with Gasteiger partial charge in [0.15, 0.2) is 0 Å². The molecule has 1 saturated heterocycles. The quantitative estimate of drug-likeness (QED) is 0.833. The van der Waals surface area contributed by atoms with Crippen molar-refractivity contribution in [2.45, 2.75) is 26.2 Å². The average Bonchev–Trinajstić information content (AvgIpc) is 2.86. The number of carbonyl (C=O) groups excluding carboxylic acids is 1. The molecule has 1 unspecified atom stereocenters. The van der Waals surface area contributed by atoms with Gasteiger partial charge in [0.25, 0.3) is 0 Å². The fraction of sp³-hybridized carbons (Fsp3) is 0.278. The number of benzene rings is 2. The maximum absolute atomic E-state index is 13.5. The van der Waals surface area contributed by atoms with Crippen LogP contribution in [0.15, 0.2) is 42.5 Å². The van der Waals surface area contributed by atoms with E-state index in [0.717, 1.165) is 5.56 Å². The van der Waals surface area contributed by atoms with Crippen molar-refractivity contribution in [1.29, 1.82) is 0 Å². The summed E-state index contributed by atoms with van der Waals surface area (Å²) in [5.74, 6) is -0.764. The molecule has 0 saturated carbocycles. The molecule has 0 aliphatic carbocycles. The molecule has 0 spiro atoms. The second kappa shape index (κ2) is 6.86. The summed E-state index contributed by atoms with van der Waals surface area (Å²) in [5, 5.41) is 0. The molecule has 0 radical (unpaired) electrons. The second-order valence-electron chi connectivity index (χ2n) is 5.71. The van der Waals surface area contributed by atoms with Gasteiger partial charge in [-0.15, -0.1) is 0 Å². The summed E-state index contributed by atoms with van der Waals surface area (Å²) in [7, 11) is 0. The molecule has 4 nitrogen and oxygen atoms in total. The summed E-state index contributed by atoms with van der Waals surface area (Å²) in [6.45, 7) is 2.67. The summed E-state index contributed by atoms with van der Waals surface area (Å²) >= 11 is 0. The molecule has 2 aromatic carbocycles. The Morgan fingerprint density at radius 2 is 1.83 bits per heavy atom. The number of hydrogen-bond acceptors (Lipinski definition) is 3. The Bertz CT molecular complexity index is 713. The van der Waals surface area contributed by atoms with Crippen molar-refractivity contribution in [3.8, 4) is 5.75 Å². The summed E-state index contributed by atoms with van der Waals surface area (Å²) in [6.07, 6.45) is -0.423. The predicted octanol–water partition coefficient (Wildman–Crippen LogP) is 3.88. The van der Waals surface area contributed by atoms with Gasteiger partial charge in [0.2, 0.25) is 0 Å². The first-order valence-corrected chi connectivity index (χ1v) is 7.63. The Morgan fingerprint density at radius 3 is 2.42 bits per heavy atom. The minimum atomic E-state index is -0.631. The van der Waals surface area contributed by atoms with Gasteiger partial charge in [0.05, 0.1) is 12.1 Å². The molecule has 1 atom stereocenters. The monoisotopic (exact) mass is 333 g/mol. The van der Waals surface area contributed by atoms with E-state index in [4.69, 9.17) is 9.47 Å². The van der Waals surface area contributed by atoms with Crippen molar-refractivity contribution in [2.24, 2.45) is 0 Å². The van der Waals surface area contributed by atoms with Gasteiger partial charge in [-0.3, -0.25) is 0 Å². The van der Waals surface area contributed by atoms with Crippen molar-refractivity contribution in [3.05, 3.63) is 65.2 Å². The molecule has 0 bridgehead atoms. The van der Waals surface area contributed by atoms with Crippen LogP contribution in [-0.4, -0.2) is 23.6 Å². The maximum atomic E-state index is 13.5. The molecular formula is C18H17F2NO3. The number of amides is 1. The minimum absolute atomic E-state index is 0.101. The molecule has 126 valence electrons. The van der Waals surface area contributed by atoms with E-state index in [1.165, 1.54) is 18.2 Å². The van der Waals surface area contributed by atoms with E-state index >= 15 is 0 Å². The number of hydrogen-bond donors (Lipinski definition) is 0. The van der Waals surface area contributed by atoms with E-state index in [0.29, 0.717) is 18.8 Å². The summed E-state index contributed by atoms with van der Waals surface area (Å²) < 4.78 is 37.6. The highest BCUT2D eigenvalue weighted by atomic mass is 19.1. The Kier molecular flexibility index (Phi) is 4.64. The van der Waals surface area contributed by atoms with Crippen LogP contribution in [0, 0.1) is 11.6 Å². The zero-order valence-corrected chi connectivity index (χ0v) is 13.2. The van der Waals surface area contributed by atoms with Gasteiger partial charge in [-0.05, 0) is 36.8 Å². The van der Waals surface area contributed by atoms with Crippen molar-refractivity contribution in [1.82, 2.24) is 4.90 Å². The van der Waals surface area contributed by atoms with E-state index in [1.54, 1.807) is 17.0 Å². The third-order valence-corrected chi connectivity index (χ3v) is 3.78. The lowest BCUT2D eigenvalue weighted by molar-refractivity contribution is 0.137. The summed E-state index contributed by atoms with van der Waals surface area (Å²) in [4.78, 5) is 13.2. The lowest BCUT2D eigenvalue weighted by atomic mass is 10.2.